The maximum absolute atomic E-state index is 14.3. The maximum Gasteiger partial charge on any atom is 0.452 e. The first kappa shape index (κ1) is 20.9. The molecule has 0 saturated carbocycles. The second-order valence-electron chi connectivity index (χ2n) is 6.90. The Bertz CT molecular complexity index is 1070. The first-order chi connectivity index (χ1) is 15.2. The summed E-state index contributed by atoms with van der Waals surface area (Å²) in [4.78, 5) is 4.10. The molecule has 156 valence electrons. The minimum absolute atomic E-state index is 0.474. The number of para-hydroxylation sites is 2. The molecule has 0 aliphatic rings. The molecule has 1 N–H and O–H groups in total. The van der Waals surface area contributed by atoms with E-state index in [1.54, 1.807) is 36.7 Å². The predicted molar refractivity (Wildman–Crippen MR) is 122 cm³/mol. The molecule has 0 radical (unpaired) electrons. The highest BCUT2D eigenvalue weighted by Gasteiger charge is 2.40. The van der Waals surface area contributed by atoms with Crippen LogP contribution in [0.4, 0.5) is 0 Å². The first-order valence-electron chi connectivity index (χ1n) is 9.99. The van der Waals surface area contributed by atoms with Crippen LogP contribution < -0.4 is 14.4 Å². The first-order valence-corrected chi connectivity index (χ1v) is 11.6. The van der Waals surface area contributed by atoms with E-state index in [2.05, 4.69) is 10.3 Å². The monoisotopic (exact) mass is 430 g/mol. The van der Waals surface area contributed by atoms with Crippen molar-refractivity contribution < 1.29 is 13.6 Å². The standard InChI is InChI=1S/C25H23N2O3P/c28-31(29-23-12-6-2-7-13-23,30-24-14-8-3-9-15-24)25(22-16-18-26-19-17-22)27-20-21-10-4-1-5-11-21/h1-19,25,27H,20H2. The van der Waals surface area contributed by atoms with E-state index < -0.39 is 13.4 Å². The molecule has 4 rings (SSSR count). The lowest BCUT2D eigenvalue weighted by molar-refractivity contribution is 0.361. The zero-order chi connectivity index (χ0) is 21.4. The Morgan fingerprint density at radius 2 is 1.19 bits per heavy atom. The van der Waals surface area contributed by atoms with Crippen molar-refractivity contribution in [1.29, 1.82) is 0 Å². The van der Waals surface area contributed by atoms with Crippen LogP contribution >= 0.6 is 7.60 Å². The van der Waals surface area contributed by atoms with Gasteiger partial charge in [0.05, 0.1) is 0 Å². The van der Waals surface area contributed by atoms with Crippen molar-refractivity contribution in [2.45, 2.75) is 12.3 Å². The SMILES string of the molecule is O=P(Oc1ccccc1)(Oc1ccccc1)C(NCc1ccccc1)c1ccncc1. The minimum atomic E-state index is -3.77. The Balaban J connectivity index is 1.71. The summed E-state index contributed by atoms with van der Waals surface area (Å²) in [7, 11) is -3.77. The summed E-state index contributed by atoms with van der Waals surface area (Å²) in [5, 5.41) is 3.39. The molecule has 3 aromatic carbocycles. The summed E-state index contributed by atoms with van der Waals surface area (Å²) in [6.45, 7) is 0.494. The molecule has 0 aliphatic carbocycles. The van der Waals surface area contributed by atoms with E-state index in [0.717, 1.165) is 11.1 Å². The number of rotatable bonds is 9. The third-order valence-corrected chi connectivity index (χ3v) is 6.68. The van der Waals surface area contributed by atoms with Gasteiger partial charge in [0.15, 0.2) is 5.78 Å². The van der Waals surface area contributed by atoms with Gasteiger partial charge in [-0.05, 0) is 47.5 Å². The number of aromatic nitrogens is 1. The van der Waals surface area contributed by atoms with E-state index in [0.29, 0.717) is 18.0 Å². The van der Waals surface area contributed by atoms with Crippen molar-refractivity contribution in [3.8, 4) is 11.5 Å². The van der Waals surface area contributed by atoms with E-state index in [-0.39, 0.29) is 0 Å². The van der Waals surface area contributed by atoms with Gasteiger partial charge in [-0.15, -0.1) is 0 Å². The van der Waals surface area contributed by atoms with E-state index in [1.165, 1.54) is 0 Å². The van der Waals surface area contributed by atoms with Gasteiger partial charge in [0.1, 0.15) is 11.5 Å². The highest BCUT2D eigenvalue weighted by Crippen LogP contribution is 2.58. The van der Waals surface area contributed by atoms with Crippen molar-refractivity contribution in [1.82, 2.24) is 10.3 Å². The molecule has 31 heavy (non-hydrogen) atoms. The van der Waals surface area contributed by atoms with Crippen LogP contribution in [0.15, 0.2) is 116 Å². The van der Waals surface area contributed by atoms with Crippen LogP contribution in [-0.2, 0) is 11.1 Å². The van der Waals surface area contributed by atoms with Crippen LogP contribution in [0.25, 0.3) is 0 Å². The molecule has 1 unspecified atom stereocenters. The molecule has 4 aromatic rings. The number of nitrogens with zero attached hydrogens (tertiary/aromatic N) is 1. The second-order valence-corrected chi connectivity index (χ2v) is 8.86. The number of pyridine rings is 1. The van der Waals surface area contributed by atoms with E-state index in [4.69, 9.17) is 9.05 Å². The van der Waals surface area contributed by atoms with Crippen molar-refractivity contribution in [2.24, 2.45) is 0 Å². The van der Waals surface area contributed by atoms with E-state index in [9.17, 15) is 4.57 Å². The zero-order valence-corrected chi connectivity index (χ0v) is 17.8. The fourth-order valence-electron chi connectivity index (χ4n) is 3.15. The fraction of sp³-hybridized carbons (Fsp3) is 0.0800. The van der Waals surface area contributed by atoms with Gasteiger partial charge >= 0.3 is 7.60 Å². The Labute approximate surface area is 182 Å². The van der Waals surface area contributed by atoms with E-state index in [1.807, 2.05) is 78.9 Å². The largest absolute Gasteiger partial charge is 0.452 e. The van der Waals surface area contributed by atoms with Crippen LogP contribution in [0.5, 0.6) is 11.5 Å². The van der Waals surface area contributed by atoms with Gasteiger partial charge < -0.3 is 9.05 Å². The van der Waals surface area contributed by atoms with Crippen LogP contribution in [0.1, 0.15) is 16.9 Å². The van der Waals surface area contributed by atoms with Crippen molar-refractivity contribution in [3.63, 3.8) is 0 Å². The number of nitrogens with one attached hydrogen (secondary N) is 1. The summed E-state index contributed by atoms with van der Waals surface area (Å²) in [5.74, 6) is 0.237. The molecular formula is C25H23N2O3P. The topological polar surface area (TPSA) is 60.5 Å². The molecule has 1 aromatic heterocycles. The van der Waals surface area contributed by atoms with Gasteiger partial charge in [-0.2, -0.15) is 0 Å². The van der Waals surface area contributed by atoms with Gasteiger partial charge in [-0.3, -0.25) is 10.3 Å². The smallest absolute Gasteiger partial charge is 0.415 e. The van der Waals surface area contributed by atoms with Crippen molar-refractivity contribution in [3.05, 3.63) is 127 Å². The highest BCUT2D eigenvalue weighted by atomic mass is 31.2. The lowest BCUT2D eigenvalue weighted by Gasteiger charge is -2.28. The molecule has 0 aliphatic heterocycles. The Kier molecular flexibility index (Phi) is 6.78. The number of benzene rings is 3. The zero-order valence-electron chi connectivity index (χ0n) is 16.9. The summed E-state index contributed by atoms with van der Waals surface area (Å²) >= 11 is 0. The second kappa shape index (κ2) is 10.1. The molecule has 0 bridgehead atoms. The third-order valence-electron chi connectivity index (χ3n) is 4.63. The summed E-state index contributed by atoms with van der Waals surface area (Å²) < 4.78 is 26.5. The predicted octanol–water partition coefficient (Wildman–Crippen LogP) is 6.22. The molecule has 1 heterocycles. The normalized spacial score (nSPS) is 12.1. The molecule has 6 heteroatoms. The van der Waals surface area contributed by atoms with Crippen molar-refractivity contribution in [2.75, 3.05) is 0 Å². The average Bonchev–Trinajstić information content (AvgIpc) is 2.82. The molecule has 0 amide bonds. The van der Waals surface area contributed by atoms with Gasteiger partial charge in [0, 0.05) is 18.9 Å². The summed E-state index contributed by atoms with van der Waals surface area (Å²) in [5.41, 5.74) is 1.83. The molecule has 0 fully saturated rings. The van der Waals surface area contributed by atoms with Crippen LogP contribution in [0.3, 0.4) is 0 Å². The third kappa shape index (κ3) is 5.60. The lowest BCUT2D eigenvalue weighted by Crippen LogP contribution is -2.25. The highest BCUT2D eigenvalue weighted by molar-refractivity contribution is 7.55. The maximum atomic E-state index is 14.3. The molecule has 0 saturated heterocycles. The molecule has 0 spiro atoms. The quantitative estimate of drug-likeness (QED) is 0.319. The van der Waals surface area contributed by atoms with Gasteiger partial charge in [-0.1, -0.05) is 66.7 Å². The number of hydrogen-bond acceptors (Lipinski definition) is 5. The van der Waals surface area contributed by atoms with Crippen molar-refractivity contribution >= 4 is 7.60 Å². The summed E-state index contributed by atoms with van der Waals surface area (Å²) in [6, 6.07) is 31.7. The molecule has 5 nitrogen and oxygen atoms in total. The van der Waals surface area contributed by atoms with Gasteiger partial charge in [0.25, 0.3) is 0 Å². The van der Waals surface area contributed by atoms with Gasteiger partial charge in [-0.25, -0.2) is 4.57 Å². The molecular weight excluding hydrogens is 407 g/mol. The number of hydrogen-bond donors (Lipinski definition) is 1. The Hall–Kier alpha value is -3.40. The Morgan fingerprint density at radius 1 is 0.710 bits per heavy atom. The Morgan fingerprint density at radius 3 is 1.71 bits per heavy atom. The summed E-state index contributed by atoms with van der Waals surface area (Å²) in [6.07, 6.45) is 3.34. The fourth-order valence-corrected chi connectivity index (χ4v) is 5.08. The minimum Gasteiger partial charge on any atom is -0.415 e. The van der Waals surface area contributed by atoms with Crippen LogP contribution in [-0.4, -0.2) is 4.98 Å². The molecule has 1 atom stereocenters. The average molecular weight is 430 g/mol. The van der Waals surface area contributed by atoms with E-state index >= 15 is 0 Å². The van der Waals surface area contributed by atoms with Gasteiger partial charge in [0.2, 0.25) is 0 Å². The van der Waals surface area contributed by atoms with Crippen LogP contribution in [0.2, 0.25) is 0 Å². The lowest BCUT2D eigenvalue weighted by atomic mass is 10.2. The van der Waals surface area contributed by atoms with Crippen LogP contribution in [0, 0.1) is 0 Å².